The van der Waals surface area contributed by atoms with Crippen molar-refractivity contribution in [3.05, 3.63) is 12.2 Å². The Labute approximate surface area is 115 Å². The number of aliphatic imine (C=N–C) groups is 1. The zero-order valence-electron chi connectivity index (χ0n) is 11.3. The molecule has 0 aromatic carbocycles. The topological polar surface area (TPSA) is 36.4 Å². The highest BCUT2D eigenvalue weighted by Gasteiger charge is 2.16. The van der Waals surface area contributed by atoms with Crippen molar-refractivity contribution in [3.8, 4) is 0 Å². The third-order valence-electron chi connectivity index (χ3n) is 3.68. The number of nitrogens with one attached hydrogen (secondary N) is 2. The highest BCUT2D eigenvalue weighted by Crippen LogP contribution is 2.25. The third kappa shape index (κ3) is 4.56. The maximum atomic E-state index is 4.30. The maximum Gasteiger partial charge on any atom is 0.191 e. The van der Waals surface area contributed by atoms with Gasteiger partial charge in [0, 0.05) is 25.4 Å². The lowest BCUT2D eigenvalue weighted by atomic mass is 9.94. The van der Waals surface area contributed by atoms with Crippen LogP contribution in [0.2, 0.25) is 0 Å². The lowest BCUT2D eigenvalue weighted by Gasteiger charge is -2.20. The lowest BCUT2D eigenvalue weighted by Crippen LogP contribution is -2.42. The van der Waals surface area contributed by atoms with E-state index in [1.54, 1.807) is 0 Å². The molecule has 0 saturated carbocycles. The normalized spacial score (nSPS) is 28.4. The van der Waals surface area contributed by atoms with Crippen molar-refractivity contribution in [1.29, 1.82) is 0 Å². The average molecular weight is 267 g/mol. The van der Waals surface area contributed by atoms with E-state index in [0.717, 1.165) is 30.2 Å². The van der Waals surface area contributed by atoms with E-state index in [1.165, 1.54) is 37.9 Å². The van der Waals surface area contributed by atoms with Gasteiger partial charge in [0.25, 0.3) is 0 Å². The van der Waals surface area contributed by atoms with Crippen LogP contribution < -0.4 is 10.6 Å². The summed E-state index contributed by atoms with van der Waals surface area (Å²) in [6.07, 6.45) is 11.1. The van der Waals surface area contributed by atoms with E-state index < -0.39 is 0 Å². The van der Waals surface area contributed by atoms with Crippen LogP contribution in [-0.4, -0.2) is 37.1 Å². The molecule has 0 aromatic rings. The van der Waals surface area contributed by atoms with E-state index in [4.69, 9.17) is 0 Å². The molecule has 1 aliphatic heterocycles. The quantitative estimate of drug-likeness (QED) is 0.466. The largest absolute Gasteiger partial charge is 0.356 e. The first-order chi connectivity index (χ1) is 8.88. The summed E-state index contributed by atoms with van der Waals surface area (Å²) in [4.78, 5) is 4.30. The van der Waals surface area contributed by atoms with Crippen molar-refractivity contribution in [2.24, 2.45) is 10.9 Å². The van der Waals surface area contributed by atoms with E-state index in [2.05, 4.69) is 39.5 Å². The van der Waals surface area contributed by atoms with Gasteiger partial charge in [-0.05, 0) is 43.8 Å². The second-order valence-electron chi connectivity index (χ2n) is 5.12. The van der Waals surface area contributed by atoms with Crippen molar-refractivity contribution in [3.63, 3.8) is 0 Å². The Morgan fingerprint density at radius 1 is 1.28 bits per heavy atom. The van der Waals surface area contributed by atoms with Gasteiger partial charge in [0.15, 0.2) is 5.96 Å². The Hall–Kier alpha value is -0.640. The van der Waals surface area contributed by atoms with Gasteiger partial charge in [-0.1, -0.05) is 12.2 Å². The van der Waals surface area contributed by atoms with Gasteiger partial charge < -0.3 is 10.6 Å². The monoisotopic (exact) mass is 267 g/mol. The number of hydrogen-bond donors (Lipinski definition) is 2. The molecule has 1 heterocycles. The van der Waals surface area contributed by atoms with Crippen molar-refractivity contribution < 1.29 is 0 Å². The first-order valence-corrected chi connectivity index (χ1v) is 8.14. The minimum absolute atomic E-state index is 0.773. The van der Waals surface area contributed by atoms with Crippen LogP contribution in [0.3, 0.4) is 0 Å². The number of allylic oxidation sites excluding steroid dienone is 2. The fourth-order valence-corrected chi connectivity index (χ4v) is 3.72. The molecule has 0 aromatic heterocycles. The highest BCUT2D eigenvalue weighted by atomic mass is 32.2. The summed E-state index contributed by atoms with van der Waals surface area (Å²) < 4.78 is 0. The second kappa shape index (κ2) is 7.72. The molecule has 2 N–H and O–H groups in total. The molecule has 0 radical (unpaired) electrons. The summed E-state index contributed by atoms with van der Waals surface area (Å²) in [5, 5.41) is 7.69. The molecule has 0 spiro atoms. The van der Waals surface area contributed by atoms with E-state index >= 15 is 0 Å². The second-order valence-corrected chi connectivity index (χ2v) is 6.53. The Kier molecular flexibility index (Phi) is 5.91. The van der Waals surface area contributed by atoms with Crippen LogP contribution in [0.4, 0.5) is 0 Å². The zero-order valence-corrected chi connectivity index (χ0v) is 12.1. The van der Waals surface area contributed by atoms with E-state index in [1.807, 2.05) is 7.05 Å². The molecule has 4 heteroatoms. The number of nitrogens with zero attached hydrogens (tertiary/aromatic N) is 1. The predicted molar refractivity (Wildman–Crippen MR) is 81.3 cm³/mol. The molecule has 2 rings (SSSR count). The Morgan fingerprint density at radius 3 is 2.83 bits per heavy atom. The van der Waals surface area contributed by atoms with E-state index in [-0.39, 0.29) is 0 Å². The first kappa shape index (κ1) is 13.8. The van der Waals surface area contributed by atoms with Gasteiger partial charge in [0.2, 0.25) is 0 Å². The number of thioether (sulfide) groups is 1. The molecular formula is C14H25N3S. The van der Waals surface area contributed by atoms with Gasteiger partial charge >= 0.3 is 0 Å². The number of guanidine groups is 1. The maximum absolute atomic E-state index is 4.30. The molecule has 3 nitrogen and oxygen atoms in total. The van der Waals surface area contributed by atoms with Crippen LogP contribution in [0, 0.1) is 5.92 Å². The van der Waals surface area contributed by atoms with Gasteiger partial charge in [-0.2, -0.15) is 11.8 Å². The van der Waals surface area contributed by atoms with Crippen LogP contribution in [0.15, 0.2) is 17.1 Å². The van der Waals surface area contributed by atoms with Gasteiger partial charge in [-0.15, -0.1) is 0 Å². The minimum atomic E-state index is 0.773. The number of hydrogen-bond acceptors (Lipinski definition) is 2. The first-order valence-electron chi connectivity index (χ1n) is 7.09. The summed E-state index contributed by atoms with van der Waals surface area (Å²) in [5.74, 6) is 3.07. The van der Waals surface area contributed by atoms with E-state index in [9.17, 15) is 0 Å². The molecular weight excluding hydrogens is 242 g/mol. The van der Waals surface area contributed by atoms with Crippen molar-refractivity contribution in [2.45, 2.75) is 37.4 Å². The lowest BCUT2D eigenvalue weighted by molar-refractivity contribution is 0.469. The van der Waals surface area contributed by atoms with Crippen LogP contribution in [-0.2, 0) is 0 Å². The average Bonchev–Trinajstić information content (AvgIpc) is 2.93. The molecule has 18 heavy (non-hydrogen) atoms. The smallest absolute Gasteiger partial charge is 0.191 e. The third-order valence-corrected chi connectivity index (χ3v) is 5.08. The zero-order chi connectivity index (χ0) is 12.6. The Bertz CT molecular complexity index is 295. The highest BCUT2D eigenvalue weighted by molar-refractivity contribution is 8.00. The van der Waals surface area contributed by atoms with Crippen molar-refractivity contribution in [2.75, 3.05) is 25.9 Å². The molecule has 102 valence electrons. The fraction of sp³-hybridized carbons (Fsp3) is 0.786. The molecule has 0 bridgehead atoms. The number of rotatable bonds is 4. The minimum Gasteiger partial charge on any atom is -0.356 e. The van der Waals surface area contributed by atoms with Crippen LogP contribution in [0.5, 0.6) is 0 Å². The van der Waals surface area contributed by atoms with Crippen LogP contribution in [0.1, 0.15) is 32.1 Å². The van der Waals surface area contributed by atoms with Crippen LogP contribution >= 0.6 is 11.8 Å². The van der Waals surface area contributed by atoms with Crippen LogP contribution in [0.25, 0.3) is 0 Å². The Morgan fingerprint density at radius 2 is 2.17 bits per heavy atom. The standard InChI is InChI=1S/C14H25N3S/c1-15-14(17-11-13-8-5-9-18-13)16-10-12-6-3-2-4-7-12/h2-3,12-13H,4-11H2,1H3,(H2,15,16,17). The molecule has 2 aliphatic rings. The summed E-state index contributed by atoms with van der Waals surface area (Å²) in [6.45, 7) is 2.09. The van der Waals surface area contributed by atoms with Crippen molar-refractivity contribution in [1.82, 2.24) is 10.6 Å². The Balaban J connectivity index is 1.63. The molecule has 2 unspecified atom stereocenters. The van der Waals surface area contributed by atoms with Gasteiger partial charge in [-0.3, -0.25) is 4.99 Å². The summed E-state index contributed by atoms with van der Waals surface area (Å²) in [7, 11) is 1.86. The predicted octanol–water partition coefficient (Wildman–Crippen LogP) is 2.40. The molecule has 1 saturated heterocycles. The van der Waals surface area contributed by atoms with Gasteiger partial charge in [0.05, 0.1) is 0 Å². The summed E-state index contributed by atoms with van der Waals surface area (Å²) in [6, 6.07) is 0. The molecule has 1 fully saturated rings. The van der Waals surface area contributed by atoms with Gasteiger partial charge in [-0.25, -0.2) is 0 Å². The summed E-state index contributed by atoms with van der Waals surface area (Å²) >= 11 is 2.09. The molecule has 2 atom stereocenters. The fourth-order valence-electron chi connectivity index (χ4n) is 2.52. The molecule has 1 aliphatic carbocycles. The van der Waals surface area contributed by atoms with E-state index in [0.29, 0.717) is 0 Å². The van der Waals surface area contributed by atoms with Crippen molar-refractivity contribution >= 4 is 17.7 Å². The van der Waals surface area contributed by atoms with Gasteiger partial charge in [0.1, 0.15) is 0 Å². The molecule has 0 amide bonds. The SMILES string of the molecule is CN=C(NCC1CC=CCC1)NCC1CCCS1. The summed E-state index contributed by atoms with van der Waals surface area (Å²) in [5.41, 5.74) is 0.